The molecule has 4 aromatic rings. The predicted molar refractivity (Wildman–Crippen MR) is 284 cm³/mol. The van der Waals surface area contributed by atoms with E-state index in [1.165, 1.54) is 14.8 Å². The van der Waals surface area contributed by atoms with Crippen LogP contribution in [0.1, 0.15) is 111 Å². The summed E-state index contributed by atoms with van der Waals surface area (Å²) in [5, 5.41) is 16.8. The molecule has 73 heavy (non-hydrogen) atoms. The van der Waals surface area contributed by atoms with Crippen LogP contribution in [0.25, 0.3) is 33.3 Å². The highest BCUT2D eigenvalue weighted by Crippen LogP contribution is 2.53. The Hall–Kier alpha value is -5.49. The molecule has 5 heterocycles. The number of benzene rings is 2. The van der Waals surface area contributed by atoms with Crippen LogP contribution in [0.5, 0.6) is 5.75 Å². The number of likely N-dealkylation sites (N-methyl/N-ethyl adjacent to an activating group) is 2. The molecule has 2 aromatic carbocycles. The van der Waals surface area contributed by atoms with Crippen molar-refractivity contribution >= 4 is 52.4 Å². The Bertz CT molecular complexity index is 2750. The molecule has 4 amide bonds. The lowest BCUT2D eigenvalue weighted by molar-refractivity contribution is -0.155. The molecular weight excluding hydrogens is 945 g/mol. The van der Waals surface area contributed by atoms with Gasteiger partial charge in [-0.25, -0.2) is 9.73 Å². The molecule has 3 N–H and O–H groups in total. The van der Waals surface area contributed by atoms with Crippen molar-refractivity contribution in [2.75, 3.05) is 40.9 Å². The van der Waals surface area contributed by atoms with Crippen LogP contribution in [-0.4, -0.2) is 139 Å². The molecule has 2 aromatic heterocycles. The number of carbonyl (C=O) groups excluding carboxylic acids is 5. The van der Waals surface area contributed by atoms with Crippen LogP contribution in [-0.2, 0) is 52.8 Å². The Balaban J connectivity index is 1.13. The van der Waals surface area contributed by atoms with Crippen molar-refractivity contribution in [2.24, 2.45) is 17.3 Å². The van der Waals surface area contributed by atoms with E-state index in [1.807, 2.05) is 39.0 Å². The number of esters is 1. The monoisotopic (exact) mass is 1020 g/mol. The highest BCUT2D eigenvalue weighted by molar-refractivity contribution is 7.98. The molecule has 0 spiro atoms. The minimum absolute atomic E-state index is 0.0148. The van der Waals surface area contributed by atoms with Crippen molar-refractivity contribution in [3.63, 3.8) is 0 Å². The summed E-state index contributed by atoms with van der Waals surface area (Å²) in [5.41, 5.74) is 9.53. The number of nitrogens with one attached hydrogen (secondary N) is 2. The number of carbonyl (C=O) groups is 5. The maximum Gasteiger partial charge on any atom is 0.324 e. The van der Waals surface area contributed by atoms with Crippen LogP contribution >= 0.6 is 11.9 Å². The van der Waals surface area contributed by atoms with Gasteiger partial charge in [0, 0.05) is 79.6 Å². The number of aromatic hydroxyl groups is 1. The van der Waals surface area contributed by atoms with Crippen molar-refractivity contribution in [1.82, 2.24) is 39.4 Å². The van der Waals surface area contributed by atoms with E-state index in [2.05, 4.69) is 79.4 Å². The van der Waals surface area contributed by atoms with E-state index in [9.17, 15) is 29.1 Å². The number of hydrazine groups is 1. The minimum atomic E-state index is -1.19. The van der Waals surface area contributed by atoms with Crippen LogP contribution in [0.3, 0.4) is 0 Å². The van der Waals surface area contributed by atoms with E-state index in [0.717, 1.165) is 51.8 Å². The number of ether oxygens (including phenoxy) is 2. The molecule has 3 aliphatic heterocycles. The van der Waals surface area contributed by atoms with Gasteiger partial charge in [-0.05, 0) is 137 Å². The number of nitrogens with zero attached hydrogens (tertiary/aromatic N) is 6. The molecule has 3 fully saturated rings. The van der Waals surface area contributed by atoms with E-state index in [0.29, 0.717) is 42.9 Å². The Morgan fingerprint density at radius 2 is 1.78 bits per heavy atom. The summed E-state index contributed by atoms with van der Waals surface area (Å²) in [5.74, 6) is -1.96. The fourth-order valence-corrected chi connectivity index (χ4v) is 12.2. The third-order valence-electron chi connectivity index (χ3n) is 14.7. The van der Waals surface area contributed by atoms with Gasteiger partial charge in [0.05, 0.1) is 30.6 Å². The smallest absolute Gasteiger partial charge is 0.324 e. The Morgan fingerprint density at radius 3 is 2.45 bits per heavy atom. The second-order valence-corrected chi connectivity index (χ2v) is 24.6. The summed E-state index contributed by atoms with van der Waals surface area (Å²) in [6, 6.07) is 12.3. The lowest BCUT2D eigenvalue weighted by atomic mass is 9.84. The van der Waals surface area contributed by atoms with Crippen molar-refractivity contribution in [1.29, 1.82) is 0 Å². The van der Waals surface area contributed by atoms with Crippen LogP contribution in [0, 0.1) is 17.3 Å². The standard InChI is InChI=1S/C56H76N8O8S/c1-13-62-44-21-20-36-28-40(44)41(49(62)39-16-14-22-57-46(39)33(4)71-12)29-56(8,9)31-72-54(70)42-17-15-23-63(59-42)52(68)43(26-34-24-37(36)27-38(65)25-34)58-51(67)47(32(2)3)61(11)45(66)30-60(10)53(69)50-48(35-18-19-35)64(50)73-55(5,6)7/h14,16,20-22,24-25,27-28,32-33,35,42-43,47-48,50,59,65H,13,15,17-19,23,26,29-31H2,1-12H3,(H,58,67)/t33-,42-,43-,47-,48+,50+,64?/m0/s1. The molecule has 0 radical (unpaired) electrons. The number of hydrogen-bond donors (Lipinski definition) is 3. The topological polar surface area (TPSA) is 179 Å². The van der Waals surface area contributed by atoms with Gasteiger partial charge in [-0.1, -0.05) is 51.8 Å². The Labute approximate surface area is 435 Å². The van der Waals surface area contributed by atoms with Gasteiger partial charge < -0.3 is 34.3 Å². The van der Waals surface area contributed by atoms with Crippen LogP contribution in [0.2, 0.25) is 0 Å². The van der Waals surface area contributed by atoms with E-state index in [1.54, 1.807) is 51.5 Å². The highest BCUT2D eigenvalue weighted by Gasteiger charge is 2.61. The quantitative estimate of drug-likeness (QED) is 0.0693. The molecule has 394 valence electrons. The lowest BCUT2D eigenvalue weighted by Gasteiger charge is -2.37. The summed E-state index contributed by atoms with van der Waals surface area (Å²) < 4.78 is 16.4. The summed E-state index contributed by atoms with van der Waals surface area (Å²) in [4.78, 5) is 79.2. The number of aromatic nitrogens is 2. The first-order valence-electron chi connectivity index (χ1n) is 26.0. The average molecular weight is 1020 g/mol. The first-order chi connectivity index (χ1) is 34.5. The molecule has 1 saturated carbocycles. The van der Waals surface area contributed by atoms with Crippen molar-refractivity contribution < 1.29 is 38.6 Å². The molecule has 1 unspecified atom stereocenters. The maximum absolute atomic E-state index is 14.8. The zero-order valence-electron chi connectivity index (χ0n) is 44.8. The number of phenolic OH excluding ortho intramolecular Hbond substituents is 1. The molecule has 6 bridgehead atoms. The number of rotatable bonds is 13. The van der Waals surface area contributed by atoms with Gasteiger partial charge in [0.1, 0.15) is 29.9 Å². The summed E-state index contributed by atoms with van der Waals surface area (Å²) in [7, 11) is 4.87. The molecule has 16 nitrogen and oxygen atoms in total. The SMILES string of the molecule is CCn1c(-c2cccnc2[C@H](C)OC)c2c3cc(ccc31)-c1cc(O)cc(c1)C[C@H](NC(=O)[C@H](C(C)C)N(C)C(=O)CN(C)C(=O)[C@H]1[C@@H](C3CC3)N1SC(C)(C)C)C(=O)N1CCC[C@H](N1)C(=O)OCC(C)(C)C2. The third-order valence-corrected chi connectivity index (χ3v) is 15.9. The normalized spacial score (nSPS) is 23.1. The number of pyridine rings is 1. The summed E-state index contributed by atoms with van der Waals surface area (Å²) >= 11 is 1.68. The third kappa shape index (κ3) is 11.7. The number of methoxy groups -OCH3 is 1. The summed E-state index contributed by atoms with van der Waals surface area (Å²) in [6.45, 7) is 19.1. The van der Waals surface area contributed by atoms with E-state index < -0.39 is 47.2 Å². The number of phenols is 1. The zero-order valence-corrected chi connectivity index (χ0v) is 45.6. The molecule has 2 saturated heterocycles. The van der Waals surface area contributed by atoms with Crippen LogP contribution in [0.15, 0.2) is 54.7 Å². The van der Waals surface area contributed by atoms with E-state index in [-0.39, 0.29) is 66.6 Å². The second kappa shape index (κ2) is 21.4. The average Bonchev–Trinajstić information content (AvgIpc) is 4.28. The number of aryl methyl sites for hydroxylation is 1. The van der Waals surface area contributed by atoms with Crippen LogP contribution in [0.4, 0.5) is 0 Å². The number of hydrogen-bond acceptors (Lipinski definition) is 12. The first-order valence-corrected chi connectivity index (χ1v) is 26.8. The van der Waals surface area contributed by atoms with E-state index >= 15 is 0 Å². The van der Waals surface area contributed by atoms with Gasteiger partial charge >= 0.3 is 5.97 Å². The predicted octanol–water partition coefficient (Wildman–Crippen LogP) is 7.30. The Morgan fingerprint density at radius 1 is 1.04 bits per heavy atom. The van der Waals surface area contributed by atoms with Gasteiger partial charge in [0.15, 0.2) is 0 Å². The molecule has 17 heteroatoms. The first kappa shape index (κ1) is 53.8. The van der Waals surface area contributed by atoms with Gasteiger partial charge in [-0.3, -0.25) is 34.0 Å². The summed E-state index contributed by atoms with van der Waals surface area (Å²) in [6.07, 6.45) is 5.13. The minimum Gasteiger partial charge on any atom is -0.508 e. The van der Waals surface area contributed by atoms with Gasteiger partial charge in [0.25, 0.3) is 5.91 Å². The number of cyclic esters (lactones) is 1. The number of amides is 4. The van der Waals surface area contributed by atoms with Crippen molar-refractivity contribution in [3.8, 4) is 28.1 Å². The maximum atomic E-state index is 14.8. The van der Waals surface area contributed by atoms with Gasteiger partial charge in [0.2, 0.25) is 17.7 Å². The highest BCUT2D eigenvalue weighted by atomic mass is 32.2. The van der Waals surface area contributed by atoms with Gasteiger partial charge in [-0.15, -0.1) is 0 Å². The molecule has 7 atom stereocenters. The molecule has 8 rings (SSSR count). The fraction of sp³-hybridized carbons (Fsp3) is 0.571. The number of fused-ring (bicyclic) bond motifs is 6. The van der Waals surface area contributed by atoms with E-state index in [4.69, 9.17) is 14.5 Å². The largest absolute Gasteiger partial charge is 0.508 e. The van der Waals surface area contributed by atoms with Crippen molar-refractivity contribution in [2.45, 2.75) is 148 Å². The molecular formula is C56H76N8O8S. The second-order valence-electron chi connectivity index (χ2n) is 22.8. The Kier molecular flexibility index (Phi) is 15.8. The van der Waals surface area contributed by atoms with Crippen LogP contribution < -0.4 is 10.7 Å². The zero-order chi connectivity index (χ0) is 52.8. The lowest BCUT2D eigenvalue weighted by Crippen LogP contribution is -2.62. The molecule has 4 aliphatic rings. The molecule has 1 aliphatic carbocycles. The van der Waals surface area contributed by atoms with Crippen molar-refractivity contribution in [3.05, 3.63) is 71.5 Å². The fourth-order valence-electron chi connectivity index (χ4n) is 10.8. The van der Waals surface area contributed by atoms with Gasteiger partial charge in [-0.2, -0.15) is 0 Å².